The van der Waals surface area contributed by atoms with Gasteiger partial charge in [0.05, 0.1) is 19.3 Å². The highest BCUT2D eigenvalue weighted by Gasteiger charge is 2.46. The standard InChI is InChI=1S/C13H17F2N3O3/c1-18(10(6-19)9-2-4-16-5-3-9)12(20)17-11-7-21-8-13(11,14)15/h2-5,10-11,19H,6-8H2,1H3,(H,17,20)/t10-,11+/m1/s1. The fourth-order valence-corrected chi connectivity index (χ4v) is 2.11. The van der Waals surface area contributed by atoms with Gasteiger partial charge in [0.15, 0.2) is 0 Å². The Balaban J connectivity index is 2.04. The summed E-state index contributed by atoms with van der Waals surface area (Å²) in [4.78, 5) is 17.1. The third-order valence-electron chi connectivity index (χ3n) is 3.44. The minimum atomic E-state index is -3.08. The lowest BCUT2D eigenvalue weighted by Gasteiger charge is -2.29. The van der Waals surface area contributed by atoms with Crippen molar-refractivity contribution in [2.24, 2.45) is 0 Å². The molecule has 2 heterocycles. The normalized spacial score (nSPS) is 21.8. The van der Waals surface area contributed by atoms with Crippen LogP contribution in [0.1, 0.15) is 11.6 Å². The largest absolute Gasteiger partial charge is 0.394 e. The van der Waals surface area contributed by atoms with Crippen molar-refractivity contribution < 1.29 is 23.4 Å². The van der Waals surface area contributed by atoms with Crippen LogP contribution in [0.15, 0.2) is 24.5 Å². The number of carbonyl (C=O) groups is 1. The Morgan fingerprint density at radius 2 is 2.29 bits per heavy atom. The molecule has 0 saturated carbocycles. The van der Waals surface area contributed by atoms with Crippen LogP contribution in [-0.2, 0) is 4.74 Å². The zero-order valence-electron chi connectivity index (χ0n) is 11.5. The van der Waals surface area contributed by atoms with Crippen LogP contribution >= 0.6 is 0 Å². The quantitative estimate of drug-likeness (QED) is 0.862. The van der Waals surface area contributed by atoms with Gasteiger partial charge in [0.2, 0.25) is 0 Å². The third kappa shape index (κ3) is 3.45. The molecule has 6 nitrogen and oxygen atoms in total. The first kappa shape index (κ1) is 15.6. The average molecular weight is 301 g/mol. The van der Waals surface area contributed by atoms with Crippen LogP contribution in [0, 0.1) is 0 Å². The summed E-state index contributed by atoms with van der Waals surface area (Å²) in [7, 11) is 1.44. The molecule has 2 rings (SSSR count). The van der Waals surface area contributed by atoms with Crippen LogP contribution in [0.25, 0.3) is 0 Å². The number of likely N-dealkylation sites (N-methyl/N-ethyl adjacent to an activating group) is 1. The van der Waals surface area contributed by atoms with Crippen molar-refractivity contribution in [3.8, 4) is 0 Å². The Hall–Kier alpha value is -1.80. The van der Waals surface area contributed by atoms with E-state index in [9.17, 15) is 18.7 Å². The molecular formula is C13H17F2N3O3. The van der Waals surface area contributed by atoms with Crippen LogP contribution in [0.4, 0.5) is 13.6 Å². The van der Waals surface area contributed by atoms with Crippen molar-refractivity contribution in [1.29, 1.82) is 0 Å². The van der Waals surface area contributed by atoms with Crippen LogP contribution in [0.5, 0.6) is 0 Å². The van der Waals surface area contributed by atoms with Crippen LogP contribution in [0.3, 0.4) is 0 Å². The molecule has 2 amide bonds. The van der Waals surface area contributed by atoms with E-state index in [4.69, 9.17) is 0 Å². The highest BCUT2D eigenvalue weighted by molar-refractivity contribution is 5.75. The molecule has 2 atom stereocenters. The fraction of sp³-hybridized carbons (Fsp3) is 0.538. The van der Waals surface area contributed by atoms with Gasteiger partial charge in [-0.3, -0.25) is 4.98 Å². The summed E-state index contributed by atoms with van der Waals surface area (Å²) in [5, 5.41) is 11.7. The summed E-state index contributed by atoms with van der Waals surface area (Å²) in [6.45, 7) is -1.26. The lowest BCUT2D eigenvalue weighted by atomic mass is 10.1. The maximum Gasteiger partial charge on any atom is 0.318 e. The van der Waals surface area contributed by atoms with Crippen molar-refractivity contribution in [3.05, 3.63) is 30.1 Å². The van der Waals surface area contributed by atoms with Gasteiger partial charge < -0.3 is 20.1 Å². The Morgan fingerprint density at radius 3 is 2.81 bits per heavy atom. The number of alkyl halides is 2. The zero-order chi connectivity index (χ0) is 15.5. The van der Waals surface area contributed by atoms with Gasteiger partial charge in [-0.15, -0.1) is 0 Å². The smallest absolute Gasteiger partial charge is 0.318 e. The second-order valence-electron chi connectivity index (χ2n) is 4.87. The van der Waals surface area contributed by atoms with Crippen LogP contribution < -0.4 is 5.32 Å². The molecule has 2 N–H and O–H groups in total. The number of halogens is 2. The summed E-state index contributed by atoms with van der Waals surface area (Å²) in [6, 6.07) is 0.616. The maximum atomic E-state index is 13.4. The molecule has 1 saturated heterocycles. The van der Waals surface area contributed by atoms with E-state index in [-0.39, 0.29) is 13.2 Å². The number of pyridine rings is 1. The van der Waals surface area contributed by atoms with Crippen molar-refractivity contribution in [3.63, 3.8) is 0 Å². The van der Waals surface area contributed by atoms with Gasteiger partial charge in [-0.05, 0) is 17.7 Å². The summed E-state index contributed by atoms with van der Waals surface area (Å²) in [5.41, 5.74) is 0.666. The fourth-order valence-electron chi connectivity index (χ4n) is 2.11. The molecule has 1 aliphatic heterocycles. The molecule has 21 heavy (non-hydrogen) atoms. The van der Waals surface area contributed by atoms with E-state index >= 15 is 0 Å². The molecule has 1 aliphatic rings. The van der Waals surface area contributed by atoms with Gasteiger partial charge in [0, 0.05) is 19.4 Å². The maximum absolute atomic E-state index is 13.4. The topological polar surface area (TPSA) is 74.7 Å². The first-order valence-corrected chi connectivity index (χ1v) is 6.45. The summed E-state index contributed by atoms with van der Waals surface area (Å²) in [5.74, 6) is -3.08. The van der Waals surface area contributed by atoms with Crippen molar-refractivity contribution in [1.82, 2.24) is 15.2 Å². The van der Waals surface area contributed by atoms with Gasteiger partial charge in [-0.2, -0.15) is 0 Å². The SMILES string of the molecule is CN(C(=O)N[C@H]1COCC1(F)F)[C@H](CO)c1ccncc1. The minimum absolute atomic E-state index is 0.231. The number of aromatic nitrogens is 1. The summed E-state index contributed by atoms with van der Waals surface area (Å²) in [6.07, 6.45) is 3.06. The van der Waals surface area contributed by atoms with E-state index in [0.29, 0.717) is 5.56 Å². The highest BCUT2D eigenvalue weighted by Crippen LogP contribution is 2.26. The van der Waals surface area contributed by atoms with Crippen molar-refractivity contribution >= 4 is 6.03 Å². The van der Waals surface area contributed by atoms with E-state index in [1.54, 1.807) is 12.1 Å². The van der Waals surface area contributed by atoms with Crippen LogP contribution in [-0.4, -0.2) is 59.9 Å². The lowest BCUT2D eigenvalue weighted by molar-refractivity contribution is -0.0225. The summed E-state index contributed by atoms with van der Waals surface area (Å²) >= 11 is 0. The monoisotopic (exact) mass is 301 g/mol. The number of ether oxygens (including phenoxy) is 1. The molecule has 0 aliphatic carbocycles. The second-order valence-corrected chi connectivity index (χ2v) is 4.87. The predicted octanol–water partition coefficient (Wildman–Crippen LogP) is 0.790. The first-order chi connectivity index (χ1) is 9.95. The molecule has 0 spiro atoms. The number of amides is 2. The number of nitrogens with zero attached hydrogens (tertiary/aromatic N) is 2. The molecule has 1 fully saturated rings. The number of hydrogen-bond acceptors (Lipinski definition) is 4. The van der Waals surface area contributed by atoms with E-state index in [2.05, 4.69) is 15.0 Å². The van der Waals surface area contributed by atoms with E-state index in [0.717, 1.165) is 0 Å². The molecule has 8 heteroatoms. The minimum Gasteiger partial charge on any atom is -0.394 e. The number of hydrogen-bond donors (Lipinski definition) is 2. The average Bonchev–Trinajstić information content (AvgIpc) is 2.79. The number of nitrogens with one attached hydrogen (secondary N) is 1. The van der Waals surface area contributed by atoms with Crippen molar-refractivity contribution in [2.45, 2.75) is 18.0 Å². The second kappa shape index (κ2) is 6.31. The van der Waals surface area contributed by atoms with Gasteiger partial charge in [0.1, 0.15) is 12.6 Å². The zero-order valence-corrected chi connectivity index (χ0v) is 11.5. The molecule has 0 bridgehead atoms. The predicted molar refractivity (Wildman–Crippen MR) is 69.9 cm³/mol. The number of aliphatic hydroxyl groups is 1. The van der Waals surface area contributed by atoms with Gasteiger partial charge in [-0.25, -0.2) is 13.6 Å². The van der Waals surface area contributed by atoms with E-state index in [1.807, 2.05) is 0 Å². The first-order valence-electron chi connectivity index (χ1n) is 6.45. The number of carbonyl (C=O) groups excluding carboxylic acids is 1. The Bertz CT molecular complexity index is 487. The van der Waals surface area contributed by atoms with E-state index < -0.39 is 30.6 Å². The Morgan fingerprint density at radius 1 is 1.62 bits per heavy atom. The molecule has 0 unspecified atom stereocenters. The number of rotatable bonds is 4. The molecule has 1 aromatic heterocycles. The van der Waals surface area contributed by atoms with Gasteiger partial charge >= 0.3 is 6.03 Å². The van der Waals surface area contributed by atoms with E-state index in [1.165, 1.54) is 24.3 Å². The summed E-state index contributed by atoms with van der Waals surface area (Å²) < 4.78 is 31.5. The molecule has 0 aromatic carbocycles. The molecular weight excluding hydrogens is 284 g/mol. The molecule has 116 valence electrons. The highest BCUT2D eigenvalue weighted by atomic mass is 19.3. The van der Waals surface area contributed by atoms with Crippen LogP contribution in [0.2, 0.25) is 0 Å². The number of aliphatic hydroxyl groups excluding tert-OH is 1. The molecule has 0 radical (unpaired) electrons. The number of urea groups is 1. The van der Waals surface area contributed by atoms with Gasteiger partial charge in [0.25, 0.3) is 5.92 Å². The Kier molecular flexibility index (Phi) is 4.69. The van der Waals surface area contributed by atoms with Crippen molar-refractivity contribution in [2.75, 3.05) is 26.9 Å². The molecule has 1 aromatic rings. The van der Waals surface area contributed by atoms with Gasteiger partial charge in [-0.1, -0.05) is 0 Å². The third-order valence-corrected chi connectivity index (χ3v) is 3.44. The Labute approximate surface area is 120 Å². The lowest BCUT2D eigenvalue weighted by Crippen LogP contribution is -2.51.